The molecule has 0 aliphatic carbocycles. The maximum Gasteiger partial charge on any atom is 0.250 e. The highest BCUT2D eigenvalue weighted by Crippen LogP contribution is 2.29. The molecule has 0 saturated carbocycles. The fraction of sp³-hybridized carbons (Fsp3) is 0.261. The van der Waals surface area contributed by atoms with Crippen LogP contribution in [0.2, 0.25) is 0 Å². The monoisotopic (exact) mass is 391 g/mol. The van der Waals surface area contributed by atoms with Crippen molar-refractivity contribution in [2.75, 3.05) is 5.75 Å². The van der Waals surface area contributed by atoms with Crippen LogP contribution < -0.4 is 5.43 Å². The van der Waals surface area contributed by atoms with Gasteiger partial charge in [-0.15, -0.1) is 11.8 Å². The van der Waals surface area contributed by atoms with Crippen LogP contribution in [-0.2, 0) is 4.79 Å². The Morgan fingerprint density at radius 3 is 2.64 bits per heavy atom. The molecule has 0 aliphatic rings. The largest absolute Gasteiger partial charge is 0.272 e. The van der Waals surface area contributed by atoms with E-state index in [2.05, 4.69) is 54.5 Å². The van der Waals surface area contributed by atoms with E-state index in [1.807, 2.05) is 37.3 Å². The fourth-order valence-corrected chi connectivity index (χ4v) is 3.85. The van der Waals surface area contributed by atoms with Crippen molar-refractivity contribution in [3.8, 4) is 0 Å². The Bertz CT molecular complexity index is 1010. The van der Waals surface area contributed by atoms with E-state index in [9.17, 15) is 4.79 Å². The summed E-state index contributed by atoms with van der Waals surface area (Å²) in [5.74, 6) is 0.672. The summed E-state index contributed by atoms with van der Waals surface area (Å²) in [5.41, 5.74) is 7.94. The topological polar surface area (TPSA) is 54.4 Å². The van der Waals surface area contributed by atoms with Crippen molar-refractivity contribution in [1.82, 2.24) is 10.4 Å². The third kappa shape index (κ3) is 4.98. The minimum absolute atomic E-state index is 0.129. The number of benzene rings is 2. The predicted molar refractivity (Wildman–Crippen MR) is 118 cm³/mol. The summed E-state index contributed by atoms with van der Waals surface area (Å²) in [6.07, 6.45) is 1.67. The maximum atomic E-state index is 12.2. The number of carbonyl (C=O) groups excluding carboxylic acids is 1. The Labute approximate surface area is 170 Å². The van der Waals surface area contributed by atoms with E-state index in [-0.39, 0.29) is 5.91 Å². The van der Waals surface area contributed by atoms with Crippen LogP contribution >= 0.6 is 11.8 Å². The summed E-state index contributed by atoms with van der Waals surface area (Å²) in [6, 6.07) is 16.3. The number of hydrazone groups is 1. The van der Waals surface area contributed by atoms with E-state index in [1.165, 1.54) is 17.3 Å². The number of aromatic nitrogens is 1. The second-order valence-electron chi connectivity index (χ2n) is 7.14. The molecule has 5 heteroatoms. The number of hydrogen-bond donors (Lipinski definition) is 1. The van der Waals surface area contributed by atoms with Crippen molar-refractivity contribution < 1.29 is 4.79 Å². The van der Waals surface area contributed by atoms with Crippen LogP contribution in [0.15, 0.2) is 58.5 Å². The Hall–Kier alpha value is -2.66. The van der Waals surface area contributed by atoms with Gasteiger partial charge in [0.1, 0.15) is 0 Å². The molecule has 1 heterocycles. The van der Waals surface area contributed by atoms with Gasteiger partial charge in [-0.2, -0.15) is 5.10 Å². The van der Waals surface area contributed by atoms with Gasteiger partial charge in [0.2, 0.25) is 5.91 Å². The molecule has 0 unspecified atom stereocenters. The number of nitrogens with zero attached hydrogens (tertiary/aromatic N) is 2. The molecule has 1 aromatic heterocycles. The molecule has 0 saturated heterocycles. The van der Waals surface area contributed by atoms with Crippen LogP contribution in [0, 0.1) is 13.8 Å². The second kappa shape index (κ2) is 9.02. The SMILES string of the molecule is Cc1cc(SCC(=O)N/N=C/c2ccc(C(C)C)cc2)c2cccc(C)c2n1. The van der Waals surface area contributed by atoms with E-state index in [4.69, 9.17) is 0 Å². The number of aryl methyl sites for hydroxylation is 2. The van der Waals surface area contributed by atoms with E-state index in [0.29, 0.717) is 11.7 Å². The van der Waals surface area contributed by atoms with Gasteiger partial charge in [0, 0.05) is 16.0 Å². The summed E-state index contributed by atoms with van der Waals surface area (Å²) >= 11 is 1.51. The number of carbonyl (C=O) groups is 1. The highest BCUT2D eigenvalue weighted by molar-refractivity contribution is 8.00. The molecule has 1 N–H and O–H groups in total. The molecule has 0 aliphatic heterocycles. The van der Waals surface area contributed by atoms with E-state index in [0.717, 1.165) is 32.6 Å². The number of fused-ring (bicyclic) bond motifs is 1. The average Bonchev–Trinajstić information content (AvgIpc) is 2.67. The van der Waals surface area contributed by atoms with Crippen LogP contribution in [0.3, 0.4) is 0 Å². The number of hydrogen-bond acceptors (Lipinski definition) is 4. The summed E-state index contributed by atoms with van der Waals surface area (Å²) < 4.78 is 0. The number of amides is 1. The molecule has 28 heavy (non-hydrogen) atoms. The normalized spacial score (nSPS) is 11.5. The van der Waals surface area contributed by atoms with Gasteiger partial charge in [0.15, 0.2) is 0 Å². The lowest BCUT2D eigenvalue weighted by Gasteiger charge is -2.09. The summed E-state index contributed by atoms with van der Waals surface area (Å²) in [5, 5.41) is 5.15. The molecule has 4 nitrogen and oxygen atoms in total. The number of nitrogens with one attached hydrogen (secondary N) is 1. The van der Waals surface area contributed by atoms with Crippen molar-refractivity contribution in [2.45, 2.75) is 38.5 Å². The first kappa shape index (κ1) is 20.1. The maximum absolute atomic E-state index is 12.2. The van der Waals surface area contributed by atoms with Crippen LogP contribution in [-0.4, -0.2) is 22.9 Å². The molecule has 0 fully saturated rings. The lowest BCUT2D eigenvalue weighted by molar-refractivity contribution is -0.118. The van der Waals surface area contributed by atoms with Gasteiger partial charge < -0.3 is 0 Å². The highest BCUT2D eigenvalue weighted by atomic mass is 32.2. The predicted octanol–water partition coefficient (Wildman–Crippen LogP) is 5.22. The van der Waals surface area contributed by atoms with Crippen molar-refractivity contribution in [1.29, 1.82) is 0 Å². The lowest BCUT2D eigenvalue weighted by atomic mass is 10.0. The van der Waals surface area contributed by atoms with Gasteiger partial charge in [-0.25, -0.2) is 5.43 Å². The summed E-state index contributed by atoms with van der Waals surface area (Å²) in [7, 11) is 0. The Kier molecular flexibility index (Phi) is 6.47. The second-order valence-corrected chi connectivity index (χ2v) is 8.15. The molecule has 0 spiro atoms. The number of pyridine rings is 1. The summed E-state index contributed by atoms with van der Waals surface area (Å²) in [6.45, 7) is 8.36. The van der Waals surface area contributed by atoms with Gasteiger partial charge >= 0.3 is 0 Å². The molecule has 0 bridgehead atoms. The van der Waals surface area contributed by atoms with Crippen LogP contribution in [0.5, 0.6) is 0 Å². The van der Waals surface area contributed by atoms with Gasteiger partial charge in [-0.1, -0.05) is 56.3 Å². The zero-order chi connectivity index (χ0) is 20.1. The van der Waals surface area contributed by atoms with Crippen molar-refractivity contribution in [2.24, 2.45) is 5.10 Å². The van der Waals surface area contributed by atoms with Gasteiger partial charge in [0.25, 0.3) is 0 Å². The Morgan fingerprint density at radius 2 is 1.93 bits per heavy atom. The third-order valence-electron chi connectivity index (χ3n) is 4.50. The number of para-hydroxylation sites is 1. The van der Waals surface area contributed by atoms with Gasteiger partial charge in [-0.3, -0.25) is 9.78 Å². The molecule has 144 valence electrons. The molecular weight excluding hydrogens is 366 g/mol. The number of rotatable bonds is 6. The first-order valence-electron chi connectivity index (χ1n) is 9.35. The number of thioether (sulfide) groups is 1. The van der Waals surface area contributed by atoms with Crippen LogP contribution in [0.1, 0.15) is 42.1 Å². The van der Waals surface area contributed by atoms with E-state index in [1.54, 1.807) is 6.21 Å². The van der Waals surface area contributed by atoms with Gasteiger partial charge in [-0.05, 0) is 42.5 Å². The quantitative estimate of drug-likeness (QED) is 0.356. The smallest absolute Gasteiger partial charge is 0.250 e. The van der Waals surface area contributed by atoms with Crippen LogP contribution in [0.4, 0.5) is 0 Å². The van der Waals surface area contributed by atoms with Gasteiger partial charge in [0.05, 0.1) is 17.5 Å². The molecule has 0 radical (unpaired) electrons. The zero-order valence-corrected chi connectivity index (χ0v) is 17.5. The third-order valence-corrected chi connectivity index (χ3v) is 5.55. The first-order valence-corrected chi connectivity index (χ1v) is 10.3. The molecule has 1 amide bonds. The standard InChI is InChI=1S/C23H25N3OS/c1-15(2)19-10-8-18(9-11-19)13-24-26-22(27)14-28-21-12-17(4)25-23-16(3)6-5-7-20(21)23/h5-13,15H,14H2,1-4H3,(H,26,27)/b24-13+. The minimum Gasteiger partial charge on any atom is -0.272 e. The molecule has 2 aromatic carbocycles. The van der Waals surface area contributed by atoms with Crippen molar-refractivity contribution in [3.63, 3.8) is 0 Å². The van der Waals surface area contributed by atoms with E-state index >= 15 is 0 Å². The Morgan fingerprint density at radius 1 is 1.18 bits per heavy atom. The molecule has 0 atom stereocenters. The van der Waals surface area contributed by atoms with Crippen molar-refractivity contribution >= 4 is 34.8 Å². The minimum atomic E-state index is -0.129. The first-order chi connectivity index (χ1) is 13.4. The lowest BCUT2D eigenvalue weighted by Crippen LogP contribution is -2.19. The molecule has 3 aromatic rings. The molecule has 3 rings (SSSR count). The fourth-order valence-electron chi connectivity index (χ4n) is 2.92. The van der Waals surface area contributed by atoms with E-state index < -0.39 is 0 Å². The molecular formula is C23H25N3OS. The Balaban J connectivity index is 1.60. The van der Waals surface area contributed by atoms with Crippen LogP contribution in [0.25, 0.3) is 10.9 Å². The van der Waals surface area contributed by atoms with Crippen molar-refractivity contribution in [3.05, 3.63) is 70.9 Å². The average molecular weight is 392 g/mol. The zero-order valence-electron chi connectivity index (χ0n) is 16.7. The summed E-state index contributed by atoms with van der Waals surface area (Å²) in [4.78, 5) is 17.9. The highest BCUT2D eigenvalue weighted by Gasteiger charge is 2.09.